The third kappa shape index (κ3) is 1.38. The van der Waals surface area contributed by atoms with E-state index in [0.29, 0.717) is 5.57 Å². The van der Waals surface area contributed by atoms with E-state index in [1.807, 2.05) is 18.0 Å². The van der Waals surface area contributed by atoms with Crippen LogP contribution in [-0.2, 0) is 0 Å². The van der Waals surface area contributed by atoms with Gasteiger partial charge < -0.3 is 4.90 Å². The molecule has 0 aliphatic carbocycles. The minimum atomic E-state index is -0.0779. The summed E-state index contributed by atoms with van der Waals surface area (Å²) in [5.41, 5.74) is 1.55. The summed E-state index contributed by atoms with van der Waals surface area (Å²) < 4.78 is 0. The Morgan fingerprint density at radius 1 is 1.64 bits per heavy atom. The van der Waals surface area contributed by atoms with E-state index >= 15 is 0 Å². The van der Waals surface area contributed by atoms with Crippen molar-refractivity contribution in [2.75, 3.05) is 7.05 Å². The Kier molecular flexibility index (Phi) is 2.03. The highest BCUT2D eigenvalue weighted by Crippen LogP contribution is 2.22. The van der Waals surface area contributed by atoms with Gasteiger partial charge in [0.15, 0.2) is 0 Å². The van der Waals surface area contributed by atoms with E-state index in [9.17, 15) is 0 Å². The summed E-state index contributed by atoms with van der Waals surface area (Å²) in [5.74, 6) is 0. The molecule has 14 heavy (non-hydrogen) atoms. The van der Waals surface area contributed by atoms with Crippen LogP contribution in [0.5, 0.6) is 0 Å². The van der Waals surface area contributed by atoms with Gasteiger partial charge in [-0.05, 0) is 0 Å². The lowest BCUT2D eigenvalue weighted by Crippen LogP contribution is -2.20. The van der Waals surface area contributed by atoms with Crippen molar-refractivity contribution in [3.05, 3.63) is 29.7 Å². The first-order chi connectivity index (χ1) is 6.81. The highest BCUT2D eigenvalue weighted by atomic mass is 15.2. The van der Waals surface area contributed by atoms with Crippen molar-refractivity contribution in [2.45, 2.75) is 6.17 Å². The first-order valence-electron chi connectivity index (χ1n) is 4.17. The third-order valence-electron chi connectivity index (χ3n) is 2.03. The molecule has 0 bridgehead atoms. The van der Waals surface area contributed by atoms with Crippen molar-refractivity contribution in [2.24, 2.45) is 4.99 Å². The summed E-state index contributed by atoms with van der Waals surface area (Å²) in [7, 11) is 1.88. The van der Waals surface area contributed by atoms with Gasteiger partial charge in [0.1, 0.15) is 12.2 Å². The molecule has 0 radical (unpaired) electrons. The molecule has 5 heteroatoms. The predicted octanol–water partition coefficient (Wildman–Crippen LogP) is 0.832. The number of allylic oxidation sites excluding steroid dienone is 1. The fraction of sp³-hybridized carbons (Fsp3) is 0.222. The van der Waals surface area contributed by atoms with Crippen LogP contribution in [0.2, 0.25) is 0 Å². The van der Waals surface area contributed by atoms with Gasteiger partial charge in [-0.3, -0.25) is 10.1 Å². The second-order valence-corrected chi connectivity index (χ2v) is 3.05. The molecule has 1 atom stereocenters. The van der Waals surface area contributed by atoms with Crippen LogP contribution in [0, 0.1) is 11.3 Å². The number of nitrogens with zero attached hydrogens (tertiary/aromatic N) is 4. The Morgan fingerprint density at radius 3 is 3.07 bits per heavy atom. The lowest BCUT2D eigenvalue weighted by Gasteiger charge is -2.24. The molecule has 0 amide bonds. The minimum absolute atomic E-state index is 0.0779. The number of aromatic amines is 1. The van der Waals surface area contributed by atoms with Gasteiger partial charge in [0, 0.05) is 31.2 Å². The maximum atomic E-state index is 8.67. The molecular weight excluding hydrogens is 178 g/mol. The number of rotatable bonds is 1. The minimum Gasteiger partial charge on any atom is -0.354 e. The molecule has 2 heterocycles. The number of hydrogen-bond donors (Lipinski definition) is 1. The summed E-state index contributed by atoms with van der Waals surface area (Å²) in [6, 6.07) is 2.05. The van der Waals surface area contributed by atoms with Gasteiger partial charge in [-0.1, -0.05) is 0 Å². The summed E-state index contributed by atoms with van der Waals surface area (Å²) in [4.78, 5) is 6.13. The van der Waals surface area contributed by atoms with Crippen LogP contribution in [0.15, 0.2) is 29.2 Å². The normalized spacial score (nSPS) is 20.4. The van der Waals surface area contributed by atoms with Gasteiger partial charge in [0.05, 0.1) is 11.8 Å². The van der Waals surface area contributed by atoms with Crippen LogP contribution in [-0.4, -0.2) is 28.4 Å². The first-order valence-corrected chi connectivity index (χ1v) is 4.17. The van der Waals surface area contributed by atoms with E-state index in [-0.39, 0.29) is 6.17 Å². The molecule has 1 aromatic heterocycles. The Bertz CT molecular complexity index is 409. The summed E-state index contributed by atoms with van der Waals surface area (Å²) in [6.07, 6.45) is 6.79. The van der Waals surface area contributed by atoms with Gasteiger partial charge in [-0.15, -0.1) is 0 Å². The van der Waals surface area contributed by atoms with Crippen LogP contribution in [0.3, 0.4) is 0 Å². The summed E-state index contributed by atoms with van der Waals surface area (Å²) in [5, 5.41) is 15.3. The van der Waals surface area contributed by atoms with Crippen molar-refractivity contribution < 1.29 is 0 Å². The topological polar surface area (TPSA) is 68.1 Å². The van der Waals surface area contributed by atoms with Gasteiger partial charge >= 0.3 is 0 Å². The van der Waals surface area contributed by atoms with E-state index in [2.05, 4.69) is 15.2 Å². The molecule has 0 aromatic carbocycles. The molecule has 1 N–H and O–H groups in total. The zero-order chi connectivity index (χ0) is 9.97. The van der Waals surface area contributed by atoms with E-state index < -0.39 is 0 Å². The fourth-order valence-corrected chi connectivity index (χ4v) is 1.36. The van der Waals surface area contributed by atoms with E-state index in [0.717, 1.165) is 5.56 Å². The Balaban J connectivity index is 2.25. The van der Waals surface area contributed by atoms with Crippen molar-refractivity contribution in [1.29, 1.82) is 5.26 Å². The highest BCUT2D eigenvalue weighted by molar-refractivity contribution is 5.84. The standard InChI is InChI=1S/C9H9N5/c1-14-6-7(2-10)3-11-9(14)8-4-12-13-5-8/h3-6,9H,1H3,(H,12,13). The molecule has 1 aromatic rings. The molecule has 5 nitrogen and oxygen atoms in total. The van der Waals surface area contributed by atoms with Gasteiger partial charge in [0.25, 0.3) is 0 Å². The van der Waals surface area contributed by atoms with Crippen LogP contribution in [0.25, 0.3) is 0 Å². The Morgan fingerprint density at radius 2 is 2.50 bits per heavy atom. The number of nitriles is 1. The van der Waals surface area contributed by atoms with Crippen molar-refractivity contribution in [1.82, 2.24) is 15.1 Å². The maximum absolute atomic E-state index is 8.67. The number of hydrogen-bond acceptors (Lipinski definition) is 4. The molecule has 1 aliphatic heterocycles. The zero-order valence-corrected chi connectivity index (χ0v) is 7.68. The van der Waals surface area contributed by atoms with Crippen LogP contribution in [0.1, 0.15) is 11.7 Å². The Hall–Kier alpha value is -2.09. The summed E-state index contributed by atoms with van der Waals surface area (Å²) in [6.45, 7) is 0. The monoisotopic (exact) mass is 187 g/mol. The van der Waals surface area contributed by atoms with Crippen molar-refractivity contribution in [3.8, 4) is 6.07 Å². The molecular formula is C9H9N5. The molecule has 1 aliphatic rings. The lowest BCUT2D eigenvalue weighted by atomic mass is 10.2. The average molecular weight is 187 g/mol. The van der Waals surface area contributed by atoms with Crippen molar-refractivity contribution in [3.63, 3.8) is 0 Å². The van der Waals surface area contributed by atoms with Crippen LogP contribution in [0.4, 0.5) is 0 Å². The van der Waals surface area contributed by atoms with E-state index in [4.69, 9.17) is 5.26 Å². The molecule has 2 rings (SSSR count). The van der Waals surface area contributed by atoms with Crippen molar-refractivity contribution >= 4 is 6.21 Å². The third-order valence-corrected chi connectivity index (χ3v) is 2.03. The van der Waals surface area contributed by atoms with Crippen LogP contribution >= 0.6 is 0 Å². The highest BCUT2D eigenvalue weighted by Gasteiger charge is 2.17. The number of aromatic nitrogens is 2. The second-order valence-electron chi connectivity index (χ2n) is 3.05. The van der Waals surface area contributed by atoms with Gasteiger partial charge in [-0.25, -0.2) is 0 Å². The second kappa shape index (κ2) is 3.34. The fourth-order valence-electron chi connectivity index (χ4n) is 1.36. The molecule has 70 valence electrons. The Labute approximate surface area is 81.4 Å². The lowest BCUT2D eigenvalue weighted by molar-refractivity contribution is 0.344. The summed E-state index contributed by atoms with van der Waals surface area (Å²) >= 11 is 0. The smallest absolute Gasteiger partial charge is 0.149 e. The van der Waals surface area contributed by atoms with E-state index in [1.165, 1.54) is 0 Å². The number of H-pyrrole nitrogens is 1. The predicted molar refractivity (Wildman–Crippen MR) is 51.3 cm³/mol. The van der Waals surface area contributed by atoms with Crippen LogP contribution < -0.4 is 0 Å². The largest absolute Gasteiger partial charge is 0.354 e. The molecule has 0 fully saturated rings. The number of aliphatic imine (C=N–C) groups is 1. The van der Waals surface area contributed by atoms with E-state index in [1.54, 1.807) is 24.8 Å². The molecule has 0 spiro atoms. The zero-order valence-electron chi connectivity index (χ0n) is 7.68. The maximum Gasteiger partial charge on any atom is 0.149 e. The molecule has 0 saturated heterocycles. The number of nitrogens with one attached hydrogen (secondary N) is 1. The molecule has 1 unspecified atom stereocenters. The first kappa shape index (κ1) is 8.51. The average Bonchev–Trinajstić information content (AvgIpc) is 2.70. The SMILES string of the molecule is CN1C=C(C#N)C=NC1c1cn[nH]c1. The molecule has 0 saturated carbocycles. The quantitative estimate of drug-likeness (QED) is 0.708. The van der Waals surface area contributed by atoms with Gasteiger partial charge in [-0.2, -0.15) is 10.4 Å². The van der Waals surface area contributed by atoms with Gasteiger partial charge in [0.2, 0.25) is 0 Å².